The molecule has 0 aliphatic heterocycles. The maximum Gasteiger partial charge on any atom is 0.239 e. The fourth-order valence-electron chi connectivity index (χ4n) is 2.25. The number of nitrogens with zero attached hydrogens (tertiary/aromatic N) is 2. The monoisotopic (exact) mass is 306 g/mol. The molecular weight excluding hydrogens is 276 g/mol. The lowest BCUT2D eigenvalue weighted by Crippen LogP contribution is -2.42. The van der Waals surface area contributed by atoms with E-state index >= 15 is 0 Å². The van der Waals surface area contributed by atoms with Gasteiger partial charge >= 0.3 is 0 Å². The first kappa shape index (κ1) is 18.7. The molecule has 1 atom stereocenters. The van der Waals surface area contributed by atoms with Crippen LogP contribution >= 0.6 is 0 Å². The summed E-state index contributed by atoms with van der Waals surface area (Å²) in [5.41, 5.74) is 1.79. The van der Waals surface area contributed by atoms with Crippen molar-refractivity contribution in [3.63, 3.8) is 0 Å². The summed E-state index contributed by atoms with van der Waals surface area (Å²) in [4.78, 5) is 15.6. The molecule has 0 spiro atoms. The molecule has 1 amide bonds. The molecule has 0 bridgehead atoms. The minimum atomic E-state index is -0.624. The largest absolute Gasteiger partial charge is 0.390 e. The molecule has 0 saturated heterocycles. The van der Waals surface area contributed by atoms with E-state index in [1.165, 1.54) is 11.1 Å². The van der Waals surface area contributed by atoms with E-state index in [1.54, 1.807) is 19.0 Å². The number of carbonyl (C=O) groups excluding carboxylic acids is 1. The number of benzene rings is 1. The van der Waals surface area contributed by atoms with E-state index in [2.05, 4.69) is 24.3 Å². The molecule has 22 heavy (non-hydrogen) atoms. The summed E-state index contributed by atoms with van der Waals surface area (Å²) in [5.74, 6) is 0.115. The smallest absolute Gasteiger partial charge is 0.239 e. The highest BCUT2D eigenvalue weighted by molar-refractivity contribution is 5.80. The number of aryl methyl sites for hydroxylation is 1. The van der Waals surface area contributed by atoms with Gasteiger partial charge in [-0.1, -0.05) is 24.3 Å². The molecule has 1 N–H and O–H groups in total. The molecule has 1 aromatic rings. The molecule has 0 fully saturated rings. The Morgan fingerprint density at radius 3 is 2.09 bits per heavy atom. The fraction of sp³-hybridized carbons (Fsp3) is 0.611. The van der Waals surface area contributed by atoms with Crippen LogP contribution in [0.3, 0.4) is 0 Å². The Balaban J connectivity index is 2.58. The summed E-state index contributed by atoms with van der Waals surface area (Å²) in [6.07, 6.45) is 1.62. The van der Waals surface area contributed by atoms with Crippen LogP contribution in [0.2, 0.25) is 0 Å². The first-order valence-electron chi connectivity index (χ1n) is 7.82. The first-order chi connectivity index (χ1) is 10.1. The highest BCUT2D eigenvalue weighted by atomic mass is 16.3. The first-order valence-corrected chi connectivity index (χ1v) is 7.82. The summed E-state index contributed by atoms with van der Waals surface area (Å²) >= 11 is 0. The van der Waals surface area contributed by atoms with Gasteiger partial charge in [0.25, 0.3) is 0 Å². The van der Waals surface area contributed by atoms with E-state index in [1.807, 2.05) is 32.7 Å². The highest BCUT2D eigenvalue weighted by Gasteiger charge is 2.19. The summed E-state index contributed by atoms with van der Waals surface area (Å²) in [6, 6.07) is 8.28. The topological polar surface area (TPSA) is 43.8 Å². The Kier molecular flexibility index (Phi) is 6.57. The van der Waals surface area contributed by atoms with Crippen molar-refractivity contribution in [2.24, 2.45) is 0 Å². The molecule has 0 aliphatic carbocycles. The van der Waals surface area contributed by atoms with Crippen LogP contribution in [0.4, 0.5) is 0 Å². The molecule has 0 aliphatic rings. The minimum Gasteiger partial charge on any atom is -0.390 e. The van der Waals surface area contributed by atoms with Gasteiger partial charge in [0, 0.05) is 20.6 Å². The number of carbonyl (C=O) groups is 1. The quantitative estimate of drug-likeness (QED) is 0.840. The Bertz CT molecular complexity index is 475. The van der Waals surface area contributed by atoms with Crippen molar-refractivity contribution in [2.75, 3.05) is 21.1 Å². The van der Waals surface area contributed by atoms with E-state index < -0.39 is 5.60 Å². The van der Waals surface area contributed by atoms with E-state index in [-0.39, 0.29) is 11.9 Å². The Morgan fingerprint density at radius 2 is 1.64 bits per heavy atom. The van der Waals surface area contributed by atoms with Crippen LogP contribution in [0.15, 0.2) is 24.3 Å². The summed E-state index contributed by atoms with van der Waals surface area (Å²) in [7, 11) is 5.53. The highest BCUT2D eigenvalue weighted by Crippen LogP contribution is 2.15. The third-order valence-electron chi connectivity index (χ3n) is 3.94. The SMILES string of the molecule is CC(C(=O)N(C)C)N(C)Cc1ccc(CCC(C)(C)O)cc1. The van der Waals surface area contributed by atoms with Crippen molar-refractivity contribution in [2.45, 2.75) is 51.8 Å². The number of hydrogen-bond acceptors (Lipinski definition) is 3. The molecule has 0 saturated carbocycles. The molecule has 1 aromatic carbocycles. The zero-order valence-corrected chi connectivity index (χ0v) is 14.8. The van der Waals surface area contributed by atoms with Crippen LogP contribution in [0.1, 0.15) is 38.3 Å². The molecule has 124 valence electrons. The molecule has 0 heterocycles. The van der Waals surface area contributed by atoms with Crippen molar-refractivity contribution in [1.82, 2.24) is 9.80 Å². The van der Waals surface area contributed by atoms with Gasteiger partial charge in [0.2, 0.25) is 5.91 Å². The Hall–Kier alpha value is -1.39. The molecule has 4 nitrogen and oxygen atoms in total. The lowest BCUT2D eigenvalue weighted by atomic mass is 9.98. The van der Waals surface area contributed by atoms with Gasteiger partial charge in [0.15, 0.2) is 0 Å². The van der Waals surface area contributed by atoms with Gasteiger partial charge in [-0.2, -0.15) is 0 Å². The second-order valence-corrected chi connectivity index (χ2v) is 6.95. The van der Waals surface area contributed by atoms with Gasteiger partial charge in [-0.15, -0.1) is 0 Å². The molecular formula is C18H30N2O2. The van der Waals surface area contributed by atoms with Crippen molar-refractivity contribution in [3.05, 3.63) is 35.4 Å². The Labute approximate surface area is 134 Å². The number of hydrogen-bond donors (Lipinski definition) is 1. The molecule has 1 unspecified atom stereocenters. The van der Waals surface area contributed by atoms with Gasteiger partial charge in [0.05, 0.1) is 11.6 Å². The maximum atomic E-state index is 12.0. The van der Waals surface area contributed by atoms with Gasteiger partial charge in [-0.25, -0.2) is 0 Å². The fourth-order valence-corrected chi connectivity index (χ4v) is 2.25. The second-order valence-electron chi connectivity index (χ2n) is 6.95. The van der Waals surface area contributed by atoms with Gasteiger partial charge in [-0.3, -0.25) is 9.69 Å². The summed E-state index contributed by atoms with van der Waals surface area (Å²) in [6.45, 7) is 6.34. The van der Waals surface area contributed by atoms with Crippen molar-refractivity contribution in [3.8, 4) is 0 Å². The number of likely N-dealkylation sites (N-methyl/N-ethyl adjacent to an activating group) is 2. The lowest BCUT2D eigenvalue weighted by molar-refractivity contribution is -0.133. The van der Waals surface area contributed by atoms with Gasteiger partial charge in [0.1, 0.15) is 0 Å². The molecule has 1 rings (SSSR count). The van der Waals surface area contributed by atoms with Crippen LogP contribution in [-0.4, -0.2) is 53.6 Å². The molecule has 4 heteroatoms. The zero-order chi connectivity index (χ0) is 16.9. The number of amides is 1. The van der Waals surface area contributed by atoms with Crippen LogP contribution in [0.25, 0.3) is 0 Å². The zero-order valence-electron chi connectivity index (χ0n) is 14.8. The predicted octanol–water partition coefficient (Wildman–Crippen LogP) is 2.30. The van der Waals surface area contributed by atoms with Crippen molar-refractivity contribution in [1.29, 1.82) is 0 Å². The average Bonchev–Trinajstić information content (AvgIpc) is 2.44. The standard InChI is InChI=1S/C18H30N2O2/c1-14(17(21)19(4)5)20(6)13-16-9-7-15(8-10-16)11-12-18(2,3)22/h7-10,14,22H,11-13H2,1-6H3. The van der Waals surface area contributed by atoms with Gasteiger partial charge < -0.3 is 10.0 Å². The Morgan fingerprint density at radius 1 is 1.14 bits per heavy atom. The maximum absolute atomic E-state index is 12.0. The van der Waals surface area contributed by atoms with E-state index in [9.17, 15) is 9.90 Å². The molecule has 0 aromatic heterocycles. The third-order valence-corrected chi connectivity index (χ3v) is 3.94. The van der Waals surface area contributed by atoms with Crippen LogP contribution in [0, 0.1) is 0 Å². The van der Waals surface area contributed by atoms with E-state index in [4.69, 9.17) is 0 Å². The summed E-state index contributed by atoms with van der Waals surface area (Å²) in [5, 5.41) is 9.77. The van der Waals surface area contributed by atoms with Crippen LogP contribution < -0.4 is 0 Å². The van der Waals surface area contributed by atoms with Gasteiger partial charge in [-0.05, 0) is 51.8 Å². The van der Waals surface area contributed by atoms with Crippen molar-refractivity contribution < 1.29 is 9.90 Å². The van der Waals surface area contributed by atoms with E-state index in [0.717, 1.165) is 19.4 Å². The minimum absolute atomic E-state index is 0.115. The predicted molar refractivity (Wildman–Crippen MR) is 90.7 cm³/mol. The van der Waals surface area contributed by atoms with Crippen molar-refractivity contribution >= 4 is 5.91 Å². The third kappa shape index (κ3) is 6.16. The number of rotatable bonds is 7. The average molecular weight is 306 g/mol. The van der Waals surface area contributed by atoms with Crippen LogP contribution in [-0.2, 0) is 17.8 Å². The van der Waals surface area contributed by atoms with Crippen LogP contribution in [0.5, 0.6) is 0 Å². The second kappa shape index (κ2) is 7.75. The summed E-state index contributed by atoms with van der Waals surface area (Å²) < 4.78 is 0. The van der Waals surface area contributed by atoms with E-state index in [0.29, 0.717) is 0 Å². The normalized spacial score (nSPS) is 13.3. The number of aliphatic hydroxyl groups is 1. The lowest BCUT2D eigenvalue weighted by Gasteiger charge is -2.26. The molecule has 0 radical (unpaired) electrons.